The Bertz CT molecular complexity index is 672. The average molecular weight is 312 g/mol. The summed E-state index contributed by atoms with van der Waals surface area (Å²) in [7, 11) is -3.76. The summed E-state index contributed by atoms with van der Waals surface area (Å²) in [4.78, 5) is 12.4. The fourth-order valence-corrected chi connectivity index (χ4v) is 2.99. The number of hydrogen-bond acceptors (Lipinski definition) is 4. The zero-order chi connectivity index (χ0) is 15.8. The van der Waals surface area contributed by atoms with Crippen LogP contribution in [0.4, 0.5) is 0 Å². The third-order valence-electron chi connectivity index (χ3n) is 4.06. The van der Waals surface area contributed by atoms with E-state index in [2.05, 4.69) is 5.32 Å². The highest BCUT2D eigenvalue weighted by molar-refractivity contribution is 7.89. The Labute approximate surface area is 124 Å². The van der Waals surface area contributed by atoms with Crippen LogP contribution in [0.5, 0.6) is 0 Å². The number of nitrogens with two attached hydrogens (primary N) is 1. The van der Waals surface area contributed by atoms with E-state index < -0.39 is 15.6 Å². The number of primary sulfonamides is 1. The molecule has 2 rings (SSSR count). The second kappa shape index (κ2) is 5.40. The molecule has 1 aromatic rings. The van der Waals surface area contributed by atoms with Crippen molar-refractivity contribution < 1.29 is 17.9 Å². The molecule has 1 aliphatic rings. The van der Waals surface area contributed by atoms with Crippen LogP contribution in [0.2, 0.25) is 0 Å². The molecule has 1 aliphatic heterocycles. The summed E-state index contributed by atoms with van der Waals surface area (Å²) in [6, 6.07) is 4.23. The summed E-state index contributed by atoms with van der Waals surface area (Å²) in [6.07, 6.45) is 0.680. The highest BCUT2D eigenvalue weighted by Crippen LogP contribution is 2.26. The van der Waals surface area contributed by atoms with Gasteiger partial charge in [0.1, 0.15) is 0 Å². The number of sulfonamides is 1. The van der Waals surface area contributed by atoms with Gasteiger partial charge in [-0.25, -0.2) is 13.6 Å². The van der Waals surface area contributed by atoms with E-state index in [0.717, 1.165) is 6.42 Å². The lowest BCUT2D eigenvalue weighted by atomic mass is 9.94. The third kappa shape index (κ3) is 3.25. The molecular formula is C14H20N2O4S. The summed E-state index contributed by atoms with van der Waals surface area (Å²) >= 11 is 0. The van der Waals surface area contributed by atoms with E-state index in [9.17, 15) is 13.2 Å². The summed E-state index contributed by atoms with van der Waals surface area (Å²) in [6.45, 7) is 6.16. The van der Waals surface area contributed by atoms with Crippen LogP contribution in [0.3, 0.4) is 0 Å². The van der Waals surface area contributed by atoms with Gasteiger partial charge < -0.3 is 10.1 Å². The molecule has 1 fully saturated rings. The monoisotopic (exact) mass is 312 g/mol. The van der Waals surface area contributed by atoms with E-state index in [1.54, 1.807) is 6.92 Å². The molecule has 116 valence electrons. The van der Waals surface area contributed by atoms with Crippen molar-refractivity contribution in [3.8, 4) is 0 Å². The predicted molar refractivity (Wildman–Crippen MR) is 78.5 cm³/mol. The highest BCUT2D eigenvalue weighted by atomic mass is 32.2. The summed E-state index contributed by atoms with van der Waals surface area (Å²) in [5.41, 5.74) is 0.583. The van der Waals surface area contributed by atoms with Gasteiger partial charge in [-0.2, -0.15) is 0 Å². The van der Waals surface area contributed by atoms with Crippen molar-refractivity contribution in [1.82, 2.24) is 5.32 Å². The molecule has 3 N–H and O–H groups in total. The van der Waals surface area contributed by atoms with E-state index in [1.165, 1.54) is 18.2 Å². The second-order valence-corrected chi connectivity index (χ2v) is 7.22. The molecule has 1 heterocycles. The molecule has 2 atom stereocenters. The second-order valence-electron chi connectivity index (χ2n) is 5.66. The number of aryl methyl sites for hydroxylation is 1. The van der Waals surface area contributed by atoms with Gasteiger partial charge in [0.05, 0.1) is 16.5 Å². The molecule has 0 radical (unpaired) electrons. The molecule has 0 saturated carbocycles. The van der Waals surface area contributed by atoms with Crippen LogP contribution in [0.25, 0.3) is 0 Å². The lowest BCUT2D eigenvalue weighted by Crippen LogP contribution is -2.50. The van der Waals surface area contributed by atoms with Crippen molar-refractivity contribution in [3.05, 3.63) is 29.3 Å². The van der Waals surface area contributed by atoms with Gasteiger partial charge in [0.25, 0.3) is 5.91 Å². The SMILES string of the molecule is Cc1cc(S(N)(=O)=O)ccc1C(=O)NC1(C)CCOC1C. The quantitative estimate of drug-likeness (QED) is 0.867. The van der Waals surface area contributed by atoms with Crippen molar-refractivity contribution in [3.63, 3.8) is 0 Å². The summed E-state index contributed by atoms with van der Waals surface area (Å²) in [5, 5.41) is 8.05. The Morgan fingerprint density at radius 3 is 2.62 bits per heavy atom. The Morgan fingerprint density at radius 2 is 2.14 bits per heavy atom. The number of carbonyl (C=O) groups excluding carboxylic acids is 1. The van der Waals surface area contributed by atoms with Gasteiger partial charge in [-0.1, -0.05) is 0 Å². The fourth-order valence-electron chi connectivity index (χ4n) is 2.39. The van der Waals surface area contributed by atoms with Crippen LogP contribution in [-0.2, 0) is 14.8 Å². The number of benzene rings is 1. The molecule has 21 heavy (non-hydrogen) atoms. The maximum Gasteiger partial charge on any atom is 0.252 e. The number of ether oxygens (including phenoxy) is 1. The fraction of sp³-hybridized carbons (Fsp3) is 0.500. The van der Waals surface area contributed by atoms with Crippen molar-refractivity contribution >= 4 is 15.9 Å². The number of nitrogens with one attached hydrogen (secondary N) is 1. The minimum atomic E-state index is -3.76. The molecule has 1 saturated heterocycles. The van der Waals surface area contributed by atoms with Gasteiger partial charge in [0.2, 0.25) is 10.0 Å². The van der Waals surface area contributed by atoms with Crippen LogP contribution in [0, 0.1) is 6.92 Å². The molecule has 7 heteroatoms. The van der Waals surface area contributed by atoms with Crippen molar-refractivity contribution in [2.24, 2.45) is 5.14 Å². The Kier molecular flexibility index (Phi) is 4.10. The standard InChI is InChI=1S/C14H20N2O4S/c1-9-8-11(21(15,18)19)4-5-12(9)13(17)16-14(3)6-7-20-10(14)2/h4-5,8,10H,6-7H2,1-3H3,(H,16,17)(H2,15,18,19). The molecule has 2 unspecified atom stereocenters. The van der Waals surface area contributed by atoms with E-state index >= 15 is 0 Å². The molecule has 0 spiro atoms. The van der Waals surface area contributed by atoms with E-state index in [0.29, 0.717) is 17.7 Å². The van der Waals surface area contributed by atoms with Gasteiger partial charge in [-0.05, 0) is 51.0 Å². The van der Waals surface area contributed by atoms with Crippen LogP contribution in [0.15, 0.2) is 23.1 Å². The summed E-state index contributed by atoms with van der Waals surface area (Å²) in [5.74, 6) is -0.242. The van der Waals surface area contributed by atoms with Crippen molar-refractivity contribution in [2.75, 3.05) is 6.61 Å². The number of rotatable bonds is 3. The van der Waals surface area contributed by atoms with Gasteiger partial charge in [-0.3, -0.25) is 4.79 Å². The zero-order valence-electron chi connectivity index (χ0n) is 12.3. The number of hydrogen-bond donors (Lipinski definition) is 2. The lowest BCUT2D eigenvalue weighted by Gasteiger charge is -2.29. The summed E-state index contributed by atoms with van der Waals surface area (Å²) < 4.78 is 28.1. The number of amides is 1. The normalized spacial score (nSPS) is 25.8. The maximum absolute atomic E-state index is 12.4. The minimum absolute atomic E-state index is 0.000305. The van der Waals surface area contributed by atoms with Crippen LogP contribution in [0.1, 0.15) is 36.2 Å². The molecule has 6 nitrogen and oxygen atoms in total. The zero-order valence-corrected chi connectivity index (χ0v) is 13.2. The largest absolute Gasteiger partial charge is 0.376 e. The molecule has 0 bridgehead atoms. The van der Waals surface area contributed by atoms with Gasteiger partial charge >= 0.3 is 0 Å². The van der Waals surface area contributed by atoms with Crippen LogP contribution < -0.4 is 10.5 Å². The molecule has 0 aliphatic carbocycles. The minimum Gasteiger partial charge on any atom is -0.376 e. The average Bonchev–Trinajstić information content (AvgIpc) is 2.67. The first-order chi connectivity index (χ1) is 9.63. The molecular weight excluding hydrogens is 292 g/mol. The van der Waals surface area contributed by atoms with Crippen molar-refractivity contribution in [2.45, 2.75) is 43.7 Å². The van der Waals surface area contributed by atoms with Crippen LogP contribution >= 0.6 is 0 Å². The maximum atomic E-state index is 12.4. The van der Waals surface area contributed by atoms with E-state index in [-0.39, 0.29) is 16.9 Å². The highest BCUT2D eigenvalue weighted by Gasteiger charge is 2.38. The molecule has 1 aromatic carbocycles. The first-order valence-corrected chi connectivity index (χ1v) is 8.26. The van der Waals surface area contributed by atoms with Gasteiger partial charge in [0, 0.05) is 12.2 Å². The van der Waals surface area contributed by atoms with Crippen molar-refractivity contribution in [1.29, 1.82) is 0 Å². The van der Waals surface area contributed by atoms with Crippen LogP contribution in [-0.4, -0.2) is 32.6 Å². The Balaban J connectivity index is 2.24. The van der Waals surface area contributed by atoms with Gasteiger partial charge in [0.15, 0.2) is 0 Å². The third-order valence-corrected chi connectivity index (χ3v) is 4.97. The lowest BCUT2D eigenvalue weighted by molar-refractivity contribution is 0.0727. The first-order valence-electron chi connectivity index (χ1n) is 6.71. The Morgan fingerprint density at radius 1 is 1.48 bits per heavy atom. The van der Waals surface area contributed by atoms with Gasteiger partial charge in [-0.15, -0.1) is 0 Å². The smallest absolute Gasteiger partial charge is 0.252 e. The topological polar surface area (TPSA) is 98.5 Å². The molecule has 1 amide bonds. The molecule has 0 aromatic heterocycles. The van der Waals surface area contributed by atoms with E-state index in [1.807, 2.05) is 13.8 Å². The van der Waals surface area contributed by atoms with E-state index in [4.69, 9.17) is 9.88 Å². The first kappa shape index (κ1) is 15.9. The Hall–Kier alpha value is -1.44. The number of carbonyl (C=O) groups is 1. The predicted octanol–water partition coefficient (Wildman–Crippen LogP) is 0.940.